The summed E-state index contributed by atoms with van der Waals surface area (Å²) in [5, 5.41) is 0. The third kappa shape index (κ3) is 5.79. The van der Waals surface area contributed by atoms with Gasteiger partial charge >= 0.3 is 0 Å². The normalized spacial score (nSPS) is 10.5. The number of para-hydroxylation sites is 1. The molecule has 0 bridgehead atoms. The Morgan fingerprint density at radius 1 is 1.18 bits per heavy atom. The van der Waals surface area contributed by atoms with Gasteiger partial charge in [0.15, 0.2) is 0 Å². The second-order valence-corrected chi connectivity index (χ2v) is 7.22. The van der Waals surface area contributed by atoms with Gasteiger partial charge in [0.1, 0.15) is 19.0 Å². The first-order chi connectivity index (χ1) is 10.6. The lowest BCUT2D eigenvalue weighted by molar-refractivity contribution is -0.135. The number of hydrogen-bond donors (Lipinski definition) is 0. The third-order valence-corrected chi connectivity index (χ3v) is 4.52. The van der Waals surface area contributed by atoms with Crippen molar-refractivity contribution in [3.05, 3.63) is 51.1 Å². The van der Waals surface area contributed by atoms with Gasteiger partial charge in [-0.25, -0.2) is 0 Å². The highest BCUT2D eigenvalue weighted by atomic mass is 79.9. The zero-order chi connectivity index (χ0) is 15.8. The quantitative estimate of drug-likeness (QED) is 0.654. The van der Waals surface area contributed by atoms with Crippen LogP contribution in [0.5, 0.6) is 5.75 Å². The lowest BCUT2D eigenvalue weighted by Crippen LogP contribution is -2.30. The van der Waals surface area contributed by atoms with E-state index < -0.39 is 0 Å². The second kappa shape index (κ2) is 8.92. The maximum absolute atomic E-state index is 11.9. The van der Waals surface area contributed by atoms with E-state index in [1.807, 2.05) is 42.5 Å². The summed E-state index contributed by atoms with van der Waals surface area (Å²) in [5.74, 6) is 0.766. The molecule has 0 aliphatic carbocycles. The van der Waals surface area contributed by atoms with E-state index in [4.69, 9.17) is 9.47 Å². The molecule has 2 aromatic rings. The lowest BCUT2D eigenvalue weighted by Gasteiger charge is -2.16. The van der Waals surface area contributed by atoms with Gasteiger partial charge in [0.05, 0.1) is 16.9 Å². The van der Waals surface area contributed by atoms with Crippen LogP contribution < -0.4 is 4.74 Å². The van der Waals surface area contributed by atoms with Crippen molar-refractivity contribution in [2.24, 2.45) is 0 Å². The summed E-state index contributed by atoms with van der Waals surface area (Å²) in [5.41, 5.74) is 0. The zero-order valence-corrected chi connectivity index (χ0v) is 14.7. The van der Waals surface area contributed by atoms with Gasteiger partial charge in [0.2, 0.25) is 5.91 Å². The van der Waals surface area contributed by atoms with Gasteiger partial charge in [-0.15, -0.1) is 11.3 Å². The summed E-state index contributed by atoms with van der Waals surface area (Å²) in [6.45, 7) is 1.48. The molecule has 0 aliphatic rings. The molecule has 4 nitrogen and oxygen atoms in total. The van der Waals surface area contributed by atoms with Crippen LogP contribution in [0, 0.1) is 0 Å². The molecule has 1 heterocycles. The van der Waals surface area contributed by atoms with Crippen LogP contribution in [0.25, 0.3) is 0 Å². The summed E-state index contributed by atoms with van der Waals surface area (Å²) >= 11 is 5.04. The number of amides is 1. The molecular formula is C16H18BrNO3S. The van der Waals surface area contributed by atoms with E-state index >= 15 is 0 Å². The molecule has 0 atom stereocenters. The molecule has 0 unspecified atom stereocenters. The monoisotopic (exact) mass is 383 g/mol. The van der Waals surface area contributed by atoms with Crippen LogP contribution in [0.4, 0.5) is 0 Å². The second-order valence-electron chi connectivity index (χ2n) is 4.67. The molecule has 1 aromatic heterocycles. The third-order valence-electron chi connectivity index (χ3n) is 2.91. The first-order valence-electron chi connectivity index (χ1n) is 6.89. The molecule has 2 rings (SSSR count). The van der Waals surface area contributed by atoms with Crippen molar-refractivity contribution in [2.75, 3.05) is 26.9 Å². The van der Waals surface area contributed by atoms with Crippen LogP contribution in [0.1, 0.15) is 4.88 Å². The standard InChI is InChI=1S/C16H18BrNO3S/c1-18(11-14-7-8-15(17)22-14)16(19)12-20-9-10-21-13-5-3-2-4-6-13/h2-8H,9-12H2,1H3. The van der Waals surface area contributed by atoms with Crippen LogP contribution in [0.15, 0.2) is 46.3 Å². The number of benzene rings is 1. The maximum Gasteiger partial charge on any atom is 0.248 e. The Kier molecular flexibility index (Phi) is 6.89. The Hall–Kier alpha value is -1.37. The Morgan fingerprint density at radius 2 is 1.95 bits per heavy atom. The van der Waals surface area contributed by atoms with Gasteiger partial charge in [-0.1, -0.05) is 18.2 Å². The van der Waals surface area contributed by atoms with Gasteiger partial charge in [-0.3, -0.25) is 4.79 Å². The summed E-state index contributed by atoms with van der Waals surface area (Å²) < 4.78 is 11.9. The molecule has 6 heteroatoms. The first kappa shape index (κ1) is 17.0. The highest BCUT2D eigenvalue weighted by Gasteiger charge is 2.10. The number of halogens is 1. The molecule has 0 fully saturated rings. The topological polar surface area (TPSA) is 38.8 Å². The van der Waals surface area contributed by atoms with E-state index in [-0.39, 0.29) is 12.5 Å². The van der Waals surface area contributed by atoms with Crippen molar-refractivity contribution in [1.29, 1.82) is 0 Å². The van der Waals surface area contributed by atoms with Gasteiger partial charge in [0.25, 0.3) is 0 Å². The molecule has 0 saturated carbocycles. The lowest BCUT2D eigenvalue weighted by atomic mass is 10.3. The minimum atomic E-state index is -0.0377. The van der Waals surface area contributed by atoms with Crippen LogP contribution >= 0.6 is 27.3 Å². The van der Waals surface area contributed by atoms with E-state index in [1.54, 1.807) is 23.3 Å². The van der Waals surface area contributed by atoms with Crippen LogP contribution in [-0.4, -0.2) is 37.7 Å². The molecule has 118 valence electrons. The average Bonchev–Trinajstić information content (AvgIpc) is 2.92. The van der Waals surface area contributed by atoms with Crippen molar-refractivity contribution in [2.45, 2.75) is 6.54 Å². The summed E-state index contributed by atoms with van der Waals surface area (Å²) in [6, 6.07) is 13.5. The van der Waals surface area contributed by atoms with Crippen LogP contribution in [-0.2, 0) is 16.1 Å². The Balaban J connectivity index is 1.61. The fourth-order valence-electron chi connectivity index (χ4n) is 1.76. The minimum Gasteiger partial charge on any atom is -0.491 e. The number of likely N-dealkylation sites (N-methyl/N-ethyl adjacent to an activating group) is 1. The first-order valence-corrected chi connectivity index (χ1v) is 8.50. The summed E-state index contributed by atoms with van der Waals surface area (Å²) in [6.07, 6.45) is 0. The van der Waals surface area contributed by atoms with E-state index in [2.05, 4.69) is 15.9 Å². The molecule has 1 amide bonds. The number of ether oxygens (including phenoxy) is 2. The van der Waals surface area contributed by atoms with Gasteiger partial charge in [-0.2, -0.15) is 0 Å². The fourth-order valence-corrected chi connectivity index (χ4v) is 3.30. The van der Waals surface area contributed by atoms with Crippen molar-refractivity contribution < 1.29 is 14.3 Å². The molecule has 0 N–H and O–H groups in total. The smallest absolute Gasteiger partial charge is 0.248 e. The number of nitrogens with zero attached hydrogens (tertiary/aromatic N) is 1. The molecule has 22 heavy (non-hydrogen) atoms. The van der Waals surface area contributed by atoms with E-state index in [0.717, 1.165) is 14.4 Å². The van der Waals surface area contributed by atoms with E-state index in [0.29, 0.717) is 19.8 Å². The number of carbonyl (C=O) groups excluding carboxylic acids is 1. The van der Waals surface area contributed by atoms with Crippen LogP contribution in [0.2, 0.25) is 0 Å². The number of rotatable bonds is 8. The van der Waals surface area contributed by atoms with Gasteiger partial charge in [0, 0.05) is 11.9 Å². The fraction of sp³-hybridized carbons (Fsp3) is 0.312. The Morgan fingerprint density at radius 3 is 2.64 bits per heavy atom. The SMILES string of the molecule is CN(Cc1ccc(Br)s1)C(=O)COCCOc1ccccc1. The summed E-state index contributed by atoms with van der Waals surface area (Å²) in [4.78, 5) is 14.7. The predicted octanol–water partition coefficient (Wildman–Crippen LogP) is 3.56. The van der Waals surface area contributed by atoms with Crippen molar-refractivity contribution >= 4 is 33.2 Å². The molecule has 0 saturated heterocycles. The molecule has 0 aliphatic heterocycles. The van der Waals surface area contributed by atoms with Gasteiger partial charge in [-0.05, 0) is 40.2 Å². The van der Waals surface area contributed by atoms with E-state index in [9.17, 15) is 4.79 Å². The zero-order valence-electron chi connectivity index (χ0n) is 12.3. The summed E-state index contributed by atoms with van der Waals surface area (Å²) in [7, 11) is 1.78. The minimum absolute atomic E-state index is 0.0377. The maximum atomic E-state index is 11.9. The van der Waals surface area contributed by atoms with Crippen LogP contribution in [0.3, 0.4) is 0 Å². The van der Waals surface area contributed by atoms with Gasteiger partial charge < -0.3 is 14.4 Å². The molecule has 0 radical (unpaired) electrons. The molecule has 0 spiro atoms. The van der Waals surface area contributed by atoms with Crippen molar-refractivity contribution in [3.8, 4) is 5.75 Å². The average molecular weight is 384 g/mol. The number of hydrogen-bond acceptors (Lipinski definition) is 4. The van der Waals surface area contributed by atoms with E-state index in [1.165, 1.54) is 0 Å². The Bertz CT molecular complexity index is 588. The number of carbonyl (C=O) groups is 1. The molecule has 1 aromatic carbocycles. The molecular weight excluding hydrogens is 366 g/mol. The number of thiophene rings is 1. The van der Waals surface area contributed by atoms with Crippen molar-refractivity contribution in [3.63, 3.8) is 0 Å². The highest BCUT2D eigenvalue weighted by molar-refractivity contribution is 9.11. The predicted molar refractivity (Wildman–Crippen MR) is 91.2 cm³/mol. The van der Waals surface area contributed by atoms with Crippen molar-refractivity contribution in [1.82, 2.24) is 4.90 Å². The largest absolute Gasteiger partial charge is 0.491 e. The Labute approximate surface area is 142 Å². The highest BCUT2D eigenvalue weighted by Crippen LogP contribution is 2.22.